The van der Waals surface area contributed by atoms with Crippen molar-refractivity contribution < 1.29 is 4.74 Å². The summed E-state index contributed by atoms with van der Waals surface area (Å²) in [7, 11) is 0. The maximum Gasteiger partial charge on any atom is 0.146 e. The molecule has 0 aliphatic heterocycles. The number of ether oxygens (including phenoxy) is 1. The number of benzene rings is 1. The minimum atomic E-state index is 0.405. The Morgan fingerprint density at radius 3 is 2.88 bits per heavy atom. The van der Waals surface area contributed by atoms with Gasteiger partial charge in [-0.2, -0.15) is 0 Å². The number of imidazole rings is 1. The van der Waals surface area contributed by atoms with Crippen LogP contribution in [0.5, 0.6) is 5.75 Å². The molecule has 4 nitrogen and oxygen atoms in total. The second kappa shape index (κ2) is 5.14. The zero-order valence-electron chi connectivity index (χ0n) is 8.61. The number of nitrogens with two attached hydrogens (primary N) is 1. The molecule has 0 atom stereocenters. The molecule has 0 radical (unpaired) electrons. The molecular weight excluding hydrogens is 270 g/mol. The molecule has 3 N–H and O–H groups in total. The Labute approximate surface area is 102 Å². The smallest absolute Gasteiger partial charge is 0.146 e. The van der Waals surface area contributed by atoms with Crippen LogP contribution in [0.25, 0.3) is 0 Å². The molecule has 0 saturated carbocycles. The van der Waals surface area contributed by atoms with Crippen molar-refractivity contribution in [1.82, 2.24) is 9.97 Å². The molecule has 2 rings (SSSR count). The Morgan fingerprint density at radius 2 is 2.19 bits per heavy atom. The summed E-state index contributed by atoms with van der Waals surface area (Å²) in [5, 5.41) is 0. The van der Waals surface area contributed by atoms with Gasteiger partial charge in [-0.25, -0.2) is 4.98 Å². The maximum atomic E-state index is 5.60. The zero-order valence-corrected chi connectivity index (χ0v) is 10.2. The first-order chi connectivity index (χ1) is 7.79. The fourth-order valence-electron chi connectivity index (χ4n) is 1.29. The highest BCUT2D eigenvalue weighted by atomic mass is 79.9. The Balaban J connectivity index is 1.99. The van der Waals surface area contributed by atoms with Crippen molar-refractivity contribution in [2.24, 2.45) is 5.73 Å². The van der Waals surface area contributed by atoms with Gasteiger partial charge in [0.15, 0.2) is 0 Å². The van der Waals surface area contributed by atoms with Crippen molar-refractivity contribution in [3.05, 3.63) is 46.5 Å². The summed E-state index contributed by atoms with van der Waals surface area (Å²) >= 11 is 3.41. The van der Waals surface area contributed by atoms with Crippen LogP contribution in [-0.4, -0.2) is 9.97 Å². The molecule has 0 unspecified atom stereocenters. The van der Waals surface area contributed by atoms with E-state index < -0.39 is 0 Å². The first kappa shape index (κ1) is 11.2. The topological polar surface area (TPSA) is 63.9 Å². The molecule has 0 amide bonds. The lowest BCUT2D eigenvalue weighted by atomic mass is 10.3. The zero-order chi connectivity index (χ0) is 11.4. The van der Waals surface area contributed by atoms with E-state index in [-0.39, 0.29) is 0 Å². The molecule has 5 heteroatoms. The van der Waals surface area contributed by atoms with Gasteiger partial charge < -0.3 is 15.5 Å². The van der Waals surface area contributed by atoms with Gasteiger partial charge in [0.2, 0.25) is 0 Å². The lowest BCUT2D eigenvalue weighted by Crippen LogP contribution is -2.00. The number of halogens is 1. The summed E-state index contributed by atoms with van der Waals surface area (Å²) in [5.74, 6) is 1.57. The number of aromatic nitrogens is 2. The van der Waals surface area contributed by atoms with Crippen LogP contribution in [0.4, 0.5) is 0 Å². The Bertz CT molecular complexity index is 470. The SMILES string of the molecule is NCc1cnc(COc2ccccc2Br)[nH]1. The summed E-state index contributed by atoms with van der Waals surface area (Å²) in [4.78, 5) is 7.23. The Hall–Kier alpha value is -1.33. The van der Waals surface area contributed by atoms with Crippen molar-refractivity contribution in [3.63, 3.8) is 0 Å². The number of para-hydroxylation sites is 1. The average molecular weight is 282 g/mol. The summed E-state index contributed by atoms with van der Waals surface area (Å²) in [6.45, 7) is 0.866. The van der Waals surface area contributed by atoms with Crippen molar-refractivity contribution >= 4 is 15.9 Å². The third-order valence-corrected chi connectivity index (χ3v) is 2.76. The summed E-state index contributed by atoms with van der Waals surface area (Å²) < 4.78 is 6.53. The lowest BCUT2D eigenvalue weighted by Gasteiger charge is -2.05. The van der Waals surface area contributed by atoms with Crippen LogP contribution in [0.1, 0.15) is 11.5 Å². The molecule has 84 valence electrons. The van der Waals surface area contributed by atoms with Gasteiger partial charge in [-0.1, -0.05) is 12.1 Å². The van der Waals surface area contributed by atoms with Gasteiger partial charge in [0.05, 0.1) is 4.47 Å². The third-order valence-electron chi connectivity index (χ3n) is 2.10. The van der Waals surface area contributed by atoms with E-state index in [1.54, 1.807) is 6.20 Å². The van der Waals surface area contributed by atoms with Crippen LogP contribution in [-0.2, 0) is 13.2 Å². The number of nitrogens with one attached hydrogen (secondary N) is 1. The number of hydrogen-bond acceptors (Lipinski definition) is 3. The van der Waals surface area contributed by atoms with E-state index in [1.807, 2.05) is 24.3 Å². The molecule has 0 fully saturated rings. The predicted molar refractivity (Wildman–Crippen MR) is 65.0 cm³/mol. The first-order valence-electron chi connectivity index (χ1n) is 4.89. The fraction of sp³-hybridized carbons (Fsp3) is 0.182. The molecule has 0 bridgehead atoms. The highest BCUT2D eigenvalue weighted by molar-refractivity contribution is 9.10. The summed E-state index contributed by atoms with van der Waals surface area (Å²) in [6, 6.07) is 7.70. The van der Waals surface area contributed by atoms with Gasteiger partial charge in [-0.3, -0.25) is 0 Å². The number of nitrogens with zero attached hydrogens (tertiary/aromatic N) is 1. The van der Waals surface area contributed by atoms with Gasteiger partial charge in [0.1, 0.15) is 18.2 Å². The van der Waals surface area contributed by atoms with E-state index in [0.717, 1.165) is 21.7 Å². The largest absolute Gasteiger partial charge is 0.485 e. The third kappa shape index (κ3) is 2.62. The van der Waals surface area contributed by atoms with Gasteiger partial charge in [-0.05, 0) is 28.1 Å². The van der Waals surface area contributed by atoms with Crippen molar-refractivity contribution in [3.8, 4) is 5.75 Å². The van der Waals surface area contributed by atoms with E-state index in [0.29, 0.717) is 13.2 Å². The molecule has 1 aromatic carbocycles. The van der Waals surface area contributed by atoms with E-state index in [9.17, 15) is 0 Å². The number of aromatic amines is 1. The standard InChI is InChI=1S/C11H12BrN3O/c12-9-3-1-2-4-10(9)16-7-11-14-6-8(5-13)15-11/h1-4,6H,5,7,13H2,(H,14,15). The van der Waals surface area contributed by atoms with E-state index >= 15 is 0 Å². The molecule has 0 aliphatic carbocycles. The van der Waals surface area contributed by atoms with Crippen LogP contribution in [0.3, 0.4) is 0 Å². The van der Waals surface area contributed by atoms with Gasteiger partial charge in [0, 0.05) is 18.4 Å². The van der Waals surface area contributed by atoms with Crippen LogP contribution >= 0.6 is 15.9 Å². The van der Waals surface area contributed by atoms with Gasteiger partial charge >= 0.3 is 0 Å². The first-order valence-corrected chi connectivity index (χ1v) is 5.69. The molecule has 0 aliphatic rings. The van der Waals surface area contributed by atoms with Crippen molar-refractivity contribution in [2.75, 3.05) is 0 Å². The normalized spacial score (nSPS) is 10.4. The quantitative estimate of drug-likeness (QED) is 0.903. The van der Waals surface area contributed by atoms with Crippen LogP contribution < -0.4 is 10.5 Å². The molecule has 16 heavy (non-hydrogen) atoms. The number of rotatable bonds is 4. The van der Waals surface area contributed by atoms with E-state index in [1.165, 1.54) is 0 Å². The second-order valence-corrected chi connectivity index (χ2v) is 4.13. The van der Waals surface area contributed by atoms with Crippen LogP contribution in [0.15, 0.2) is 34.9 Å². The number of H-pyrrole nitrogens is 1. The molecular formula is C11H12BrN3O. The maximum absolute atomic E-state index is 5.60. The predicted octanol–water partition coefficient (Wildman–Crippen LogP) is 2.21. The average Bonchev–Trinajstić information content (AvgIpc) is 2.76. The monoisotopic (exact) mass is 281 g/mol. The van der Waals surface area contributed by atoms with Crippen LogP contribution in [0, 0.1) is 0 Å². The molecule has 2 aromatic rings. The Kier molecular flexibility index (Phi) is 3.58. The summed E-state index contributed by atoms with van der Waals surface area (Å²) in [5.41, 5.74) is 6.38. The van der Waals surface area contributed by atoms with E-state index in [2.05, 4.69) is 25.9 Å². The van der Waals surface area contributed by atoms with Crippen molar-refractivity contribution in [2.45, 2.75) is 13.2 Å². The summed E-state index contributed by atoms with van der Waals surface area (Å²) in [6.07, 6.45) is 1.72. The highest BCUT2D eigenvalue weighted by Gasteiger charge is 2.02. The molecule has 1 heterocycles. The minimum absolute atomic E-state index is 0.405. The lowest BCUT2D eigenvalue weighted by molar-refractivity contribution is 0.295. The van der Waals surface area contributed by atoms with E-state index in [4.69, 9.17) is 10.5 Å². The van der Waals surface area contributed by atoms with Crippen LogP contribution in [0.2, 0.25) is 0 Å². The molecule has 1 aromatic heterocycles. The minimum Gasteiger partial charge on any atom is -0.485 e. The molecule has 0 saturated heterocycles. The Morgan fingerprint density at radius 1 is 1.38 bits per heavy atom. The van der Waals surface area contributed by atoms with Crippen molar-refractivity contribution in [1.29, 1.82) is 0 Å². The highest BCUT2D eigenvalue weighted by Crippen LogP contribution is 2.24. The van der Waals surface area contributed by atoms with Gasteiger partial charge in [0.25, 0.3) is 0 Å². The fourth-order valence-corrected chi connectivity index (χ4v) is 1.69. The molecule has 0 spiro atoms. The number of hydrogen-bond donors (Lipinski definition) is 2. The second-order valence-electron chi connectivity index (χ2n) is 3.28. The van der Waals surface area contributed by atoms with Gasteiger partial charge in [-0.15, -0.1) is 0 Å².